The fourth-order valence-electron chi connectivity index (χ4n) is 11.4. The van der Waals surface area contributed by atoms with Gasteiger partial charge in [0.1, 0.15) is 0 Å². The Kier molecular flexibility index (Phi) is 36.0. The lowest BCUT2D eigenvalue weighted by Crippen LogP contribution is -2.93. The molecule has 0 saturated heterocycles. The first kappa shape index (κ1) is 72.4. The van der Waals surface area contributed by atoms with Crippen molar-refractivity contribution in [1.29, 1.82) is 0 Å². The van der Waals surface area contributed by atoms with E-state index in [1.54, 1.807) is 7.06 Å². The molecule has 0 rings (SSSR count). The highest BCUT2D eigenvalue weighted by Crippen LogP contribution is 2.21. The fraction of sp³-hybridized carbons (Fsp3) is 0. The molecule has 0 nitrogen and oxygen atoms in total. The van der Waals surface area contributed by atoms with E-state index in [-0.39, 0.29) is 0 Å². The molecule has 71 radical (unpaired) electrons. The molecule has 0 saturated carbocycles. The van der Waals surface area contributed by atoms with Gasteiger partial charge in [-0.3, -0.25) is 7.06 Å². The molecular formula is B68-. The van der Waals surface area contributed by atoms with Gasteiger partial charge in [-0.25, -0.2) is 0 Å². The van der Waals surface area contributed by atoms with Gasteiger partial charge in [0, 0.05) is 175 Å². The monoisotopic (exact) mass is 749 g/mol. The zero-order valence-corrected chi connectivity index (χ0v) is 39.3. The van der Waals surface area contributed by atoms with Crippen molar-refractivity contribution >= 4 is 482 Å². The smallest absolute Gasteiger partial charge is 0 e. The molecule has 0 aliphatic carbocycles. The van der Waals surface area contributed by atoms with E-state index in [0.717, 1.165) is 7.06 Å². The van der Waals surface area contributed by atoms with Crippen LogP contribution in [0.25, 0.3) is 0 Å². The summed E-state index contributed by atoms with van der Waals surface area (Å²) in [4.78, 5) is 0. The van der Waals surface area contributed by atoms with Gasteiger partial charge in [-0.15, -0.1) is 0 Å². The Hall–Kier alpha value is 4.42. The molecule has 68 heteroatoms. The van der Waals surface area contributed by atoms with Crippen molar-refractivity contribution in [1.82, 2.24) is 0 Å². The first-order chi connectivity index (χ1) is 31.0. The zero-order chi connectivity index (χ0) is 53.9. The first-order valence-corrected chi connectivity index (χ1v) is 22.3. The first-order valence-electron chi connectivity index (χ1n) is 22.3. The van der Waals surface area contributed by atoms with Crippen LogP contribution in [0, 0.1) is 0 Å². The maximum Gasteiger partial charge on any atom is 0 e. The highest BCUT2D eigenvalue weighted by molar-refractivity contribution is 8.35. The number of hydrogen-bond acceptors (Lipinski definition) is 0. The van der Waals surface area contributed by atoms with Crippen LogP contribution < -0.4 is 0 Å². The Morgan fingerprint density at radius 1 is 0.176 bits per heavy atom. The van der Waals surface area contributed by atoms with Crippen molar-refractivity contribution in [2.45, 2.75) is 0 Å². The average molecular weight is 735 g/mol. The third kappa shape index (κ3) is 19.9. The van der Waals surface area contributed by atoms with Crippen LogP contribution in [0.5, 0.6) is 0 Å². The van der Waals surface area contributed by atoms with Crippen LogP contribution in [0.1, 0.15) is 0 Å². The van der Waals surface area contributed by atoms with Gasteiger partial charge in [-0.2, -0.15) is 0 Å². The summed E-state index contributed by atoms with van der Waals surface area (Å²) < 4.78 is 0. The van der Waals surface area contributed by atoms with E-state index in [1.807, 2.05) is 0 Å². The summed E-state index contributed by atoms with van der Waals surface area (Å²) in [6.07, 6.45) is -45.0. The summed E-state index contributed by atoms with van der Waals surface area (Å²) in [6, 6.07) is 0. The van der Waals surface area contributed by atoms with Crippen molar-refractivity contribution in [3.05, 3.63) is 0 Å². The SMILES string of the molecule is [B]B([B])B(B([B])[B])B(B([B])[B][B-])B(B([B]B(B(B(B([B])[B])B([B])[B])B(B([B])[B])B([B])[B])B(B(B([B])[B])B([B])[B])B(B([B])[B])B([B])[B])B(B(B([B])[B])B([B])[B])B(B([B])[B])B([B])[B])B(B([B])[B])B([B])[B]. The minimum Gasteiger partial charge on any atom is -0.690 e. The summed E-state index contributed by atoms with van der Waals surface area (Å²) in [5, 5.41) is 0. The standard InChI is InChI=1S/B68/c1-35-53(34)64(56(37(2)3)38(4)5)68(63(51(30)31)52(32)33)55(67(61(47(22)23)48(24)25)62(49(26)27)50(28)29)36-54(65(57(39(6)7)40(8)9)58(41(10)11)42(12)13)66(59(43(14)15)44(16)17)60(45(18)19)46(20)21/q-1. The van der Waals surface area contributed by atoms with E-state index < -0.39 is 204 Å². The molecule has 0 atom stereocenters. The van der Waals surface area contributed by atoms with Crippen LogP contribution in [0.2, 0.25) is 0 Å². The van der Waals surface area contributed by atoms with Crippen molar-refractivity contribution in [3.63, 3.8) is 0 Å². The van der Waals surface area contributed by atoms with Crippen LogP contribution in [0.3, 0.4) is 0 Å². The van der Waals surface area contributed by atoms with E-state index in [2.05, 4.69) is 0 Å². The topological polar surface area (TPSA) is 0 Å². The molecule has 0 bridgehead atoms. The molecule has 0 aliphatic rings. The second kappa shape index (κ2) is 33.8. The van der Waals surface area contributed by atoms with Crippen LogP contribution in [-0.4, -0.2) is 482 Å². The van der Waals surface area contributed by atoms with Gasteiger partial charge >= 0.3 is 0 Å². The molecule has 0 aliphatic heterocycles. The van der Waals surface area contributed by atoms with Crippen LogP contribution in [-0.2, 0) is 0 Å². The molecule has 68 heavy (non-hydrogen) atoms. The van der Waals surface area contributed by atoms with Gasteiger partial charge in [0.15, 0.2) is 0 Å². The minimum atomic E-state index is -1.49. The van der Waals surface area contributed by atoms with E-state index in [1.165, 1.54) is 0 Å². The predicted octanol–water partition coefficient (Wildman–Crippen LogP) is -25.9. The Morgan fingerprint density at radius 2 is 0.294 bits per heavy atom. The fourth-order valence-corrected chi connectivity index (χ4v) is 11.4. The molecule has 0 aromatic rings. The molecule has 0 spiro atoms. The largest absolute Gasteiger partial charge is 0.690 e. The lowest BCUT2D eigenvalue weighted by atomic mass is 8.26. The number of hydrogen-bond donors (Lipinski definition) is 0. The van der Waals surface area contributed by atoms with E-state index in [4.69, 9.17) is 263 Å². The summed E-state index contributed by atoms with van der Waals surface area (Å²) in [7, 11) is 228. The maximum atomic E-state index is 6.98. The van der Waals surface area contributed by atoms with Gasteiger partial charge in [0.05, 0.1) is 0 Å². The van der Waals surface area contributed by atoms with Crippen LogP contribution in [0.15, 0.2) is 0 Å². The molecule has 0 aromatic carbocycles. The highest BCUT2D eigenvalue weighted by atomic mass is 13.4. The van der Waals surface area contributed by atoms with Crippen LogP contribution >= 0.6 is 0 Å². The molecule has 0 N–H and O–H groups in total. The molecular weight excluding hydrogens is 735 g/mol. The van der Waals surface area contributed by atoms with Crippen molar-refractivity contribution < 1.29 is 0 Å². The van der Waals surface area contributed by atoms with E-state index >= 15 is 0 Å². The van der Waals surface area contributed by atoms with E-state index in [9.17, 15) is 0 Å². The molecule has 0 fully saturated rings. The van der Waals surface area contributed by atoms with Gasteiger partial charge in [-0.05, 0) is 292 Å². The summed E-state index contributed by atoms with van der Waals surface area (Å²) in [6.45, 7) is 0. The quantitative estimate of drug-likeness (QED) is 0.0589. The van der Waals surface area contributed by atoms with Gasteiger partial charge in [0.2, 0.25) is 0 Å². The Morgan fingerprint density at radius 3 is 0.412 bits per heavy atom. The summed E-state index contributed by atoms with van der Waals surface area (Å²) >= 11 is 0. The molecule has 205 valence electrons. The highest BCUT2D eigenvalue weighted by Gasteiger charge is 2.59. The second-order valence-corrected chi connectivity index (χ2v) is 18.9. The maximum absolute atomic E-state index is 6.98. The average Bonchev–Trinajstić information content (AvgIpc) is 3.13. The third-order valence-electron chi connectivity index (χ3n) is 14.0. The third-order valence-corrected chi connectivity index (χ3v) is 14.0. The van der Waals surface area contributed by atoms with Gasteiger partial charge < -0.3 is 7.74 Å². The van der Waals surface area contributed by atoms with Gasteiger partial charge in [-0.1, -0.05) is 0 Å². The lowest BCUT2D eigenvalue weighted by molar-refractivity contribution is 3.20. The molecule has 0 heterocycles. The van der Waals surface area contributed by atoms with E-state index in [0.29, 0.717) is 0 Å². The van der Waals surface area contributed by atoms with Gasteiger partial charge in [0.25, 0.3) is 0 Å². The Bertz CT molecular complexity index is 1100. The lowest BCUT2D eigenvalue weighted by Gasteiger charge is -2.56. The number of rotatable bonds is 33. The molecule has 0 unspecified atom stereocenters. The molecule has 0 aromatic heterocycles. The summed E-state index contributed by atoms with van der Waals surface area (Å²) in [5.41, 5.74) is 0. The predicted molar refractivity (Wildman–Crippen MR) is 391 cm³/mol. The van der Waals surface area contributed by atoms with Crippen molar-refractivity contribution in [3.8, 4) is 0 Å². The van der Waals surface area contributed by atoms with Crippen molar-refractivity contribution in [2.75, 3.05) is 0 Å². The van der Waals surface area contributed by atoms with Crippen LogP contribution in [0.4, 0.5) is 0 Å². The molecule has 0 amide bonds. The minimum absolute atomic E-state index is 1.11. The Labute approximate surface area is 477 Å². The van der Waals surface area contributed by atoms with Crippen molar-refractivity contribution in [2.24, 2.45) is 0 Å². The Balaban J connectivity index is 10.7. The zero-order valence-electron chi connectivity index (χ0n) is 39.3. The normalized spacial score (nSPS) is 9.72. The second-order valence-electron chi connectivity index (χ2n) is 18.9. The summed E-state index contributed by atoms with van der Waals surface area (Å²) in [5.74, 6) is 0.